The summed E-state index contributed by atoms with van der Waals surface area (Å²) in [5, 5.41) is 13.4. The van der Waals surface area contributed by atoms with Gasteiger partial charge in [-0.1, -0.05) is 24.3 Å². The minimum atomic E-state index is -0.540. The molecule has 100 valence electrons. The summed E-state index contributed by atoms with van der Waals surface area (Å²) in [6.07, 6.45) is -0.540. The predicted octanol–water partition coefficient (Wildman–Crippen LogP) is 3.45. The predicted molar refractivity (Wildman–Crippen MR) is 85.6 cm³/mol. The van der Waals surface area contributed by atoms with Crippen LogP contribution in [-0.4, -0.2) is 18.8 Å². The average molecular weight is 369 g/mol. The maximum atomic E-state index is 10.1. The molecule has 0 heterocycles. The van der Waals surface area contributed by atoms with Crippen LogP contribution in [0.3, 0.4) is 0 Å². The fraction of sp³-hybridized carbons (Fsp3) is 0.200. The Morgan fingerprint density at radius 2 is 1.84 bits per heavy atom. The number of aliphatic hydroxyl groups is 1. The Bertz CT molecular complexity index is 528. The van der Waals surface area contributed by atoms with Crippen molar-refractivity contribution in [1.82, 2.24) is 0 Å². The number of anilines is 1. The number of hydrogen-bond donors (Lipinski definition) is 2. The van der Waals surface area contributed by atoms with Crippen LogP contribution in [0.4, 0.5) is 5.69 Å². The number of hydrogen-bond acceptors (Lipinski definition) is 3. The van der Waals surface area contributed by atoms with E-state index in [1.807, 2.05) is 48.5 Å². The molecule has 0 saturated heterocycles. The Kier molecular flexibility index (Phi) is 5.04. The molecule has 2 rings (SSSR count). The van der Waals surface area contributed by atoms with Crippen LogP contribution in [0.1, 0.15) is 11.7 Å². The van der Waals surface area contributed by atoms with Gasteiger partial charge in [0.2, 0.25) is 0 Å². The smallest absolute Gasteiger partial charge is 0.118 e. The molecular weight excluding hydrogens is 353 g/mol. The van der Waals surface area contributed by atoms with Gasteiger partial charge in [-0.05, 0) is 52.4 Å². The molecule has 0 saturated carbocycles. The van der Waals surface area contributed by atoms with Gasteiger partial charge in [0.1, 0.15) is 5.75 Å². The van der Waals surface area contributed by atoms with Gasteiger partial charge in [-0.15, -0.1) is 0 Å². The van der Waals surface area contributed by atoms with Gasteiger partial charge in [-0.2, -0.15) is 0 Å². The number of nitrogens with one attached hydrogen (secondary N) is 1. The fourth-order valence-electron chi connectivity index (χ4n) is 1.76. The van der Waals surface area contributed by atoms with E-state index >= 15 is 0 Å². The van der Waals surface area contributed by atoms with E-state index in [4.69, 9.17) is 4.74 Å². The van der Waals surface area contributed by atoms with Crippen molar-refractivity contribution < 1.29 is 9.84 Å². The third-order valence-corrected chi connectivity index (χ3v) is 3.80. The number of benzene rings is 2. The van der Waals surface area contributed by atoms with E-state index in [0.29, 0.717) is 6.54 Å². The van der Waals surface area contributed by atoms with Crippen molar-refractivity contribution in [3.63, 3.8) is 0 Å². The largest absolute Gasteiger partial charge is 0.497 e. The molecule has 1 unspecified atom stereocenters. The zero-order valence-corrected chi connectivity index (χ0v) is 12.8. The number of aliphatic hydroxyl groups excluding tert-OH is 1. The summed E-state index contributed by atoms with van der Waals surface area (Å²) in [4.78, 5) is 0. The zero-order valence-electron chi connectivity index (χ0n) is 10.6. The van der Waals surface area contributed by atoms with Crippen LogP contribution in [-0.2, 0) is 0 Å². The van der Waals surface area contributed by atoms with Gasteiger partial charge in [-0.3, -0.25) is 0 Å². The van der Waals surface area contributed by atoms with E-state index in [2.05, 4.69) is 27.9 Å². The molecule has 1 atom stereocenters. The molecule has 3 nitrogen and oxygen atoms in total. The molecule has 0 fully saturated rings. The van der Waals surface area contributed by atoms with Gasteiger partial charge >= 0.3 is 0 Å². The van der Waals surface area contributed by atoms with Crippen LogP contribution in [0.15, 0.2) is 48.5 Å². The molecule has 0 aliphatic carbocycles. The quantitative estimate of drug-likeness (QED) is 0.794. The summed E-state index contributed by atoms with van der Waals surface area (Å²) in [6, 6.07) is 15.5. The molecule has 0 amide bonds. The Morgan fingerprint density at radius 3 is 2.47 bits per heavy atom. The van der Waals surface area contributed by atoms with E-state index in [-0.39, 0.29) is 0 Å². The molecule has 0 aromatic heterocycles. The molecule has 2 aromatic rings. The van der Waals surface area contributed by atoms with Gasteiger partial charge in [0.25, 0.3) is 0 Å². The van der Waals surface area contributed by atoms with Crippen molar-refractivity contribution in [1.29, 1.82) is 0 Å². The first kappa shape index (κ1) is 14.1. The summed E-state index contributed by atoms with van der Waals surface area (Å²) < 4.78 is 6.24. The molecule has 19 heavy (non-hydrogen) atoms. The Balaban J connectivity index is 1.97. The number of rotatable bonds is 5. The maximum absolute atomic E-state index is 10.1. The lowest BCUT2D eigenvalue weighted by molar-refractivity contribution is 0.191. The topological polar surface area (TPSA) is 41.5 Å². The van der Waals surface area contributed by atoms with E-state index in [9.17, 15) is 5.11 Å². The molecule has 0 aliphatic heterocycles. The zero-order chi connectivity index (χ0) is 13.7. The lowest BCUT2D eigenvalue weighted by Crippen LogP contribution is -2.12. The van der Waals surface area contributed by atoms with Crippen molar-refractivity contribution in [3.05, 3.63) is 57.7 Å². The highest BCUT2D eigenvalue weighted by atomic mass is 127. The minimum Gasteiger partial charge on any atom is -0.497 e. The third kappa shape index (κ3) is 3.84. The van der Waals surface area contributed by atoms with E-state index in [1.54, 1.807) is 7.11 Å². The highest BCUT2D eigenvalue weighted by Gasteiger charge is 2.08. The van der Waals surface area contributed by atoms with Crippen molar-refractivity contribution in [2.45, 2.75) is 6.10 Å². The van der Waals surface area contributed by atoms with Crippen LogP contribution >= 0.6 is 22.6 Å². The Labute approximate surface area is 126 Å². The first-order valence-electron chi connectivity index (χ1n) is 6.01. The second-order valence-electron chi connectivity index (χ2n) is 4.15. The van der Waals surface area contributed by atoms with Gasteiger partial charge < -0.3 is 15.2 Å². The average Bonchev–Trinajstić information content (AvgIpc) is 2.46. The van der Waals surface area contributed by atoms with E-state index in [0.717, 1.165) is 20.6 Å². The monoisotopic (exact) mass is 369 g/mol. The van der Waals surface area contributed by atoms with Gasteiger partial charge in [0.15, 0.2) is 0 Å². The lowest BCUT2D eigenvalue weighted by atomic mass is 10.1. The molecule has 0 bridgehead atoms. The lowest BCUT2D eigenvalue weighted by Gasteiger charge is -2.14. The van der Waals surface area contributed by atoms with Crippen LogP contribution in [0.2, 0.25) is 0 Å². The van der Waals surface area contributed by atoms with Crippen molar-refractivity contribution in [2.75, 3.05) is 19.0 Å². The normalized spacial score (nSPS) is 11.9. The van der Waals surface area contributed by atoms with Crippen molar-refractivity contribution >= 4 is 28.3 Å². The minimum absolute atomic E-state index is 0.479. The van der Waals surface area contributed by atoms with Crippen LogP contribution in [0, 0.1) is 3.57 Å². The summed E-state index contributed by atoms with van der Waals surface area (Å²) in [5.41, 5.74) is 1.91. The summed E-state index contributed by atoms with van der Waals surface area (Å²) in [7, 11) is 1.63. The fourth-order valence-corrected chi connectivity index (χ4v) is 2.33. The van der Waals surface area contributed by atoms with E-state index in [1.165, 1.54) is 0 Å². The number of halogens is 1. The molecule has 2 aromatic carbocycles. The van der Waals surface area contributed by atoms with E-state index < -0.39 is 6.10 Å². The van der Waals surface area contributed by atoms with Crippen molar-refractivity contribution in [3.8, 4) is 5.75 Å². The molecule has 0 spiro atoms. The highest BCUT2D eigenvalue weighted by Crippen LogP contribution is 2.20. The Morgan fingerprint density at radius 1 is 1.16 bits per heavy atom. The number of methoxy groups -OCH3 is 1. The molecular formula is C15H16INO2. The second kappa shape index (κ2) is 6.77. The summed E-state index contributed by atoms with van der Waals surface area (Å²) >= 11 is 2.27. The molecule has 0 aliphatic rings. The number of para-hydroxylation sites is 1. The number of ether oxygens (including phenoxy) is 1. The molecule has 0 radical (unpaired) electrons. The molecule has 4 heteroatoms. The first-order chi connectivity index (χ1) is 9.20. The van der Waals surface area contributed by atoms with Gasteiger partial charge in [-0.25, -0.2) is 0 Å². The SMILES string of the molecule is COc1ccc(C(O)CNc2ccccc2I)cc1. The van der Waals surface area contributed by atoms with Gasteiger partial charge in [0.05, 0.1) is 13.2 Å². The molecule has 2 N–H and O–H groups in total. The van der Waals surface area contributed by atoms with Crippen molar-refractivity contribution in [2.24, 2.45) is 0 Å². The maximum Gasteiger partial charge on any atom is 0.118 e. The highest BCUT2D eigenvalue weighted by molar-refractivity contribution is 14.1. The summed E-state index contributed by atoms with van der Waals surface area (Å²) in [6.45, 7) is 0.479. The standard InChI is InChI=1S/C15H16INO2/c1-19-12-8-6-11(7-9-12)15(18)10-17-14-5-3-2-4-13(14)16/h2-9,15,17-18H,10H2,1H3. The summed E-state index contributed by atoms with van der Waals surface area (Å²) in [5.74, 6) is 0.793. The first-order valence-corrected chi connectivity index (χ1v) is 7.09. The third-order valence-electron chi connectivity index (χ3n) is 2.86. The van der Waals surface area contributed by atoms with Crippen LogP contribution < -0.4 is 10.1 Å². The van der Waals surface area contributed by atoms with Gasteiger partial charge in [0, 0.05) is 15.8 Å². The second-order valence-corrected chi connectivity index (χ2v) is 5.31. The van der Waals surface area contributed by atoms with Crippen LogP contribution in [0.5, 0.6) is 5.75 Å². The Hall–Kier alpha value is -1.27. The van der Waals surface area contributed by atoms with Crippen LogP contribution in [0.25, 0.3) is 0 Å².